The van der Waals surface area contributed by atoms with Gasteiger partial charge in [-0.25, -0.2) is 0 Å². The molecule has 1 aliphatic rings. The molecule has 8 heteroatoms. The molecule has 0 unspecified atom stereocenters. The van der Waals surface area contributed by atoms with Crippen molar-refractivity contribution in [3.63, 3.8) is 0 Å². The highest BCUT2D eigenvalue weighted by Crippen LogP contribution is 2.41. The van der Waals surface area contributed by atoms with Crippen molar-refractivity contribution in [2.45, 2.75) is 26.3 Å². The molecule has 4 aromatic rings. The first-order valence-electron chi connectivity index (χ1n) is 10.2. The lowest BCUT2D eigenvalue weighted by Gasteiger charge is -2.22. The quantitative estimate of drug-likeness (QED) is 0.369. The zero-order valence-electron chi connectivity index (χ0n) is 17.4. The Labute approximate surface area is 191 Å². The number of fused-ring (bicyclic) bond motifs is 2. The Balaban J connectivity index is 1.76. The maximum atomic E-state index is 13.6. The van der Waals surface area contributed by atoms with Crippen molar-refractivity contribution in [1.29, 1.82) is 0 Å². The second-order valence-corrected chi connectivity index (χ2v) is 8.52. The topological polar surface area (TPSA) is 85.8 Å². The number of amides is 1. The van der Waals surface area contributed by atoms with E-state index < -0.39 is 11.9 Å². The van der Waals surface area contributed by atoms with Gasteiger partial charge in [0, 0.05) is 10.5 Å². The average molecular weight is 495 g/mol. The molecule has 0 saturated carbocycles. The Morgan fingerprint density at radius 2 is 2.00 bits per heavy atom. The minimum atomic E-state index is -0.730. The highest BCUT2D eigenvalue weighted by molar-refractivity contribution is 9.10. The highest BCUT2D eigenvalue weighted by Gasteiger charge is 2.45. The largest absolute Gasteiger partial charge is 0.494 e. The van der Waals surface area contributed by atoms with Crippen molar-refractivity contribution in [3.05, 3.63) is 85.9 Å². The molecule has 1 atom stereocenters. The van der Waals surface area contributed by atoms with Crippen molar-refractivity contribution in [1.82, 2.24) is 5.16 Å². The van der Waals surface area contributed by atoms with Crippen LogP contribution in [0.25, 0.3) is 11.0 Å². The summed E-state index contributed by atoms with van der Waals surface area (Å²) >= 11 is 3.41. The number of rotatable bonds is 5. The van der Waals surface area contributed by atoms with Gasteiger partial charge in [0.1, 0.15) is 17.1 Å². The third-order valence-electron chi connectivity index (χ3n) is 5.34. The van der Waals surface area contributed by atoms with Crippen molar-refractivity contribution < 1.29 is 18.5 Å². The number of carbonyl (C=O) groups excluding carboxylic acids is 1. The van der Waals surface area contributed by atoms with E-state index >= 15 is 0 Å². The summed E-state index contributed by atoms with van der Waals surface area (Å²) in [5.41, 5.74) is 1.08. The lowest BCUT2D eigenvalue weighted by Crippen LogP contribution is -2.29. The van der Waals surface area contributed by atoms with Crippen LogP contribution >= 0.6 is 15.9 Å². The smallest absolute Gasteiger partial charge is 0.296 e. The Kier molecular flexibility index (Phi) is 5.09. The molecule has 2 aromatic carbocycles. The number of hydrogen-bond donors (Lipinski definition) is 0. The zero-order chi connectivity index (χ0) is 22.4. The van der Waals surface area contributed by atoms with Gasteiger partial charge in [-0.1, -0.05) is 40.1 Å². The van der Waals surface area contributed by atoms with E-state index in [0.717, 1.165) is 10.9 Å². The number of hydrogen-bond acceptors (Lipinski definition) is 6. The Bertz CT molecular complexity index is 1410. The predicted octanol–water partition coefficient (Wildman–Crippen LogP) is 5.39. The summed E-state index contributed by atoms with van der Waals surface area (Å²) in [5, 5.41) is 4.44. The number of halogens is 1. The molecule has 162 valence electrons. The van der Waals surface area contributed by atoms with Gasteiger partial charge in [-0.2, -0.15) is 0 Å². The van der Waals surface area contributed by atoms with Crippen molar-refractivity contribution in [2.75, 3.05) is 11.5 Å². The molecule has 0 bridgehead atoms. The van der Waals surface area contributed by atoms with E-state index in [1.54, 1.807) is 31.2 Å². The predicted molar refractivity (Wildman–Crippen MR) is 122 cm³/mol. The van der Waals surface area contributed by atoms with Crippen molar-refractivity contribution >= 4 is 38.6 Å². The molecule has 3 heterocycles. The first kappa shape index (κ1) is 20.5. The van der Waals surface area contributed by atoms with E-state index in [1.165, 1.54) is 4.90 Å². The van der Waals surface area contributed by atoms with Gasteiger partial charge in [0.15, 0.2) is 11.2 Å². The van der Waals surface area contributed by atoms with Gasteiger partial charge < -0.3 is 13.7 Å². The lowest BCUT2D eigenvalue weighted by atomic mass is 9.98. The lowest BCUT2D eigenvalue weighted by molar-refractivity contribution is 0.0969. The Morgan fingerprint density at radius 3 is 2.75 bits per heavy atom. The van der Waals surface area contributed by atoms with Crippen LogP contribution < -0.4 is 15.1 Å². The Morgan fingerprint density at radius 1 is 1.16 bits per heavy atom. The SMILES string of the molecule is CCCOc1cccc([C@@H]2c3c(oc4ccc(Br)cc4c3=O)C(=O)N2c2cc(C)on2)c1. The van der Waals surface area contributed by atoms with E-state index in [9.17, 15) is 9.59 Å². The monoisotopic (exact) mass is 494 g/mol. The molecule has 0 radical (unpaired) electrons. The summed E-state index contributed by atoms with van der Waals surface area (Å²) in [6.07, 6.45) is 0.865. The fraction of sp³-hybridized carbons (Fsp3) is 0.208. The molecule has 0 spiro atoms. The number of aryl methyl sites for hydroxylation is 1. The van der Waals surface area contributed by atoms with E-state index in [2.05, 4.69) is 21.1 Å². The molecule has 2 aromatic heterocycles. The first-order valence-corrected chi connectivity index (χ1v) is 11.0. The molecule has 1 amide bonds. The fourth-order valence-corrected chi connectivity index (χ4v) is 4.32. The third-order valence-corrected chi connectivity index (χ3v) is 5.83. The van der Waals surface area contributed by atoms with Gasteiger partial charge in [0.05, 0.1) is 23.6 Å². The minimum absolute atomic E-state index is 0.00959. The number of anilines is 1. The summed E-state index contributed by atoms with van der Waals surface area (Å²) in [7, 11) is 0. The van der Waals surface area contributed by atoms with Crippen LogP contribution in [-0.2, 0) is 0 Å². The maximum Gasteiger partial charge on any atom is 0.296 e. The van der Waals surface area contributed by atoms with Crippen LogP contribution in [0, 0.1) is 6.92 Å². The molecule has 0 fully saturated rings. The second-order valence-electron chi connectivity index (χ2n) is 7.61. The van der Waals surface area contributed by atoms with E-state index in [1.807, 2.05) is 31.2 Å². The van der Waals surface area contributed by atoms with E-state index in [4.69, 9.17) is 13.7 Å². The number of benzene rings is 2. The molecule has 0 N–H and O–H groups in total. The summed E-state index contributed by atoms with van der Waals surface area (Å²) < 4.78 is 17.7. The average Bonchev–Trinajstić information content (AvgIpc) is 3.34. The van der Waals surface area contributed by atoms with Gasteiger partial charge in [0.25, 0.3) is 5.91 Å². The van der Waals surface area contributed by atoms with Crippen LogP contribution in [0.15, 0.2) is 66.7 Å². The number of ether oxygens (including phenoxy) is 1. The standard InChI is InChI=1S/C24H19BrN2O5/c1-3-9-30-16-6-4-5-14(11-16)21-20-22(28)17-12-15(25)7-8-18(17)31-23(20)24(29)27(21)19-10-13(2)32-26-19/h4-8,10-12,21H,3,9H2,1-2H3/t21-/m1/s1. The molecule has 1 aliphatic heterocycles. The number of carbonyl (C=O) groups is 1. The normalized spacial score (nSPS) is 15.4. The van der Waals surface area contributed by atoms with Crippen LogP contribution in [-0.4, -0.2) is 17.7 Å². The van der Waals surface area contributed by atoms with Gasteiger partial charge in [-0.3, -0.25) is 14.5 Å². The van der Waals surface area contributed by atoms with Crippen LogP contribution in [0.2, 0.25) is 0 Å². The minimum Gasteiger partial charge on any atom is -0.494 e. The molecule has 5 rings (SSSR count). The number of aromatic nitrogens is 1. The summed E-state index contributed by atoms with van der Waals surface area (Å²) in [6.45, 7) is 4.34. The Hall–Kier alpha value is -3.39. The zero-order valence-corrected chi connectivity index (χ0v) is 19.0. The highest BCUT2D eigenvalue weighted by atomic mass is 79.9. The van der Waals surface area contributed by atoms with Crippen LogP contribution in [0.1, 0.15) is 46.8 Å². The molecule has 7 nitrogen and oxygen atoms in total. The molecular formula is C24H19BrN2O5. The van der Waals surface area contributed by atoms with Gasteiger partial charge in [0.2, 0.25) is 5.76 Å². The third kappa shape index (κ3) is 3.31. The van der Waals surface area contributed by atoms with Crippen LogP contribution in [0.3, 0.4) is 0 Å². The second kappa shape index (κ2) is 7.94. The molecule has 0 saturated heterocycles. The molecule has 0 aliphatic carbocycles. The van der Waals surface area contributed by atoms with Crippen LogP contribution in [0.5, 0.6) is 5.75 Å². The fourth-order valence-electron chi connectivity index (χ4n) is 3.96. The van der Waals surface area contributed by atoms with E-state index in [0.29, 0.717) is 40.5 Å². The number of nitrogens with zero attached hydrogens (tertiary/aromatic N) is 2. The summed E-state index contributed by atoms with van der Waals surface area (Å²) in [5.74, 6) is 1.09. The van der Waals surface area contributed by atoms with Gasteiger partial charge in [-0.05, 0) is 49.2 Å². The van der Waals surface area contributed by atoms with Crippen molar-refractivity contribution in [3.8, 4) is 5.75 Å². The molecule has 32 heavy (non-hydrogen) atoms. The summed E-state index contributed by atoms with van der Waals surface area (Å²) in [6, 6.07) is 13.5. The van der Waals surface area contributed by atoms with Gasteiger partial charge >= 0.3 is 0 Å². The maximum absolute atomic E-state index is 13.6. The van der Waals surface area contributed by atoms with Crippen molar-refractivity contribution in [2.24, 2.45) is 0 Å². The molecular weight excluding hydrogens is 476 g/mol. The van der Waals surface area contributed by atoms with Crippen LogP contribution in [0.4, 0.5) is 5.82 Å². The van der Waals surface area contributed by atoms with Gasteiger partial charge in [-0.15, -0.1) is 0 Å². The summed E-state index contributed by atoms with van der Waals surface area (Å²) in [4.78, 5) is 28.5. The van der Waals surface area contributed by atoms with E-state index in [-0.39, 0.29) is 16.8 Å². The first-order chi connectivity index (χ1) is 15.5.